The smallest absolute Gasteiger partial charge is 0.192 e. The SMILES string of the molecule is CS(=O)CC(=O)c1[nH]c2cc(F)c(F)cc2c1-c1ccccc1. The fraction of sp³-hybridized carbons (Fsp3) is 0.118. The molecule has 2 aromatic carbocycles. The third kappa shape index (κ3) is 2.94. The molecule has 118 valence electrons. The zero-order valence-corrected chi connectivity index (χ0v) is 13.0. The highest BCUT2D eigenvalue weighted by atomic mass is 32.2. The van der Waals surface area contributed by atoms with Crippen LogP contribution < -0.4 is 0 Å². The first kappa shape index (κ1) is 15.6. The molecule has 3 rings (SSSR count). The fourth-order valence-corrected chi connectivity index (χ4v) is 3.07. The van der Waals surface area contributed by atoms with Gasteiger partial charge in [-0.05, 0) is 11.6 Å². The Labute approximate surface area is 133 Å². The number of Topliss-reactive ketones (excluding diaryl/α,β-unsaturated/α-hetero) is 1. The molecule has 1 atom stereocenters. The van der Waals surface area contributed by atoms with Crippen LogP contribution in [0.2, 0.25) is 0 Å². The molecule has 0 radical (unpaired) electrons. The summed E-state index contributed by atoms with van der Waals surface area (Å²) in [6, 6.07) is 11.1. The molecule has 0 saturated heterocycles. The average molecular weight is 333 g/mol. The second-order valence-electron chi connectivity index (χ2n) is 5.19. The molecule has 3 nitrogen and oxygen atoms in total. The van der Waals surface area contributed by atoms with Crippen LogP contribution in [0.4, 0.5) is 8.78 Å². The van der Waals surface area contributed by atoms with Gasteiger partial charge in [-0.2, -0.15) is 0 Å². The minimum Gasteiger partial charge on any atom is -0.351 e. The van der Waals surface area contributed by atoms with E-state index in [1.807, 2.05) is 6.07 Å². The third-order valence-electron chi connectivity index (χ3n) is 3.52. The van der Waals surface area contributed by atoms with Crippen molar-refractivity contribution in [1.29, 1.82) is 0 Å². The fourth-order valence-electron chi connectivity index (χ4n) is 2.56. The summed E-state index contributed by atoms with van der Waals surface area (Å²) in [5, 5.41) is 0.417. The first-order valence-electron chi connectivity index (χ1n) is 6.86. The number of carbonyl (C=O) groups excluding carboxylic acids is 1. The summed E-state index contributed by atoms with van der Waals surface area (Å²) >= 11 is 0. The Morgan fingerprint density at radius 1 is 1.13 bits per heavy atom. The number of H-pyrrole nitrogens is 1. The van der Waals surface area contributed by atoms with Crippen molar-refractivity contribution in [1.82, 2.24) is 4.98 Å². The van der Waals surface area contributed by atoms with Crippen LogP contribution in [0.3, 0.4) is 0 Å². The van der Waals surface area contributed by atoms with Crippen LogP contribution in [0.1, 0.15) is 10.5 Å². The number of hydrogen-bond acceptors (Lipinski definition) is 2. The number of benzene rings is 2. The summed E-state index contributed by atoms with van der Waals surface area (Å²) in [5.41, 5.74) is 1.74. The van der Waals surface area contributed by atoms with Crippen LogP contribution in [0.5, 0.6) is 0 Å². The van der Waals surface area contributed by atoms with Gasteiger partial charge in [0.05, 0.1) is 11.4 Å². The minimum absolute atomic E-state index is 0.155. The standard InChI is InChI=1S/C17H13F2NO2S/c1-23(22)9-15(21)17-16(10-5-3-2-4-6-10)11-7-12(18)13(19)8-14(11)20-17/h2-8,20H,9H2,1H3. The predicted octanol–water partition coefficient (Wildman–Crippen LogP) is 3.67. The Balaban J connectivity index is 2.30. The van der Waals surface area contributed by atoms with Crippen molar-refractivity contribution in [3.8, 4) is 11.1 Å². The second kappa shape index (κ2) is 6.04. The largest absolute Gasteiger partial charge is 0.351 e. The van der Waals surface area contributed by atoms with Gasteiger partial charge in [-0.25, -0.2) is 8.78 Å². The van der Waals surface area contributed by atoms with Gasteiger partial charge in [0, 0.05) is 39.6 Å². The Hall–Kier alpha value is -2.34. The van der Waals surface area contributed by atoms with Gasteiger partial charge in [-0.3, -0.25) is 9.00 Å². The van der Waals surface area contributed by atoms with Crippen molar-refractivity contribution in [2.24, 2.45) is 0 Å². The third-order valence-corrected chi connectivity index (χ3v) is 4.18. The molecule has 1 heterocycles. The second-order valence-corrected chi connectivity index (χ2v) is 6.63. The Morgan fingerprint density at radius 3 is 2.43 bits per heavy atom. The quantitative estimate of drug-likeness (QED) is 0.741. The lowest BCUT2D eigenvalue weighted by atomic mass is 10.0. The van der Waals surface area contributed by atoms with Crippen LogP contribution >= 0.6 is 0 Å². The Kier molecular flexibility index (Phi) is 4.09. The molecule has 0 saturated carbocycles. The molecular formula is C17H13F2NO2S. The first-order valence-corrected chi connectivity index (χ1v) is 8.59. The van der Waals surface area contributed by atoms with Gasteiger partial charge in [0.25, 0.3) is 0 Å². The molecule has 1 unspecified atom stereocenters. The van der Waals surface area contributed by atoms with Crippen molar-refractivity contribution in [2.75, 3.05) is 12.0 Å². The van der Waals surface area contributed by atoms with Crippen LogP contribution in [0, 0.1) is 11.6 Å². The van der Waals surface area contributed by atoms with E-state index in [-0.39, 0.29) is 17.2 Å². The van der Waals surface area contributed by atoms with E-state index in [4.69, 9.17) is 0 Å². The highest BCUT2D eigenvalue weighted by molar-refractivity contribution is 7.85. The minimum atomic E-state index is -1.31. The van der Waals surface area contributed by atoms with E-state index in [9.17, 15) is 17.8 Å². The lowest BCUT2D eigenvalue weighted by Crippen LogP contribution is -2.11. The summed E-state index contributed by atoms with van der Waals surface area (Å²) in [7, 11) is -1.31. The molecule has 23 heavy (non-hydrogen) atoms. The zero-order valence-electron chi connectivity index (χ0n) is 12.2. The normalized spacial score (nSPS) is 12.5. The zero-order chi connectivity index (χ0) is 16.6. The van der Waals surface area contributed by atoms with Gasteiger partial charge in [0.15, 0.2) is 17.4 Å². The number of carbonyl (C=O) groups is 1. The Bertz CT molecular complexity index is 919. The number of nitrogens with one attached hydrogen (secondary N) is 1. The molecule has 0 aliphatic rings. The molecule has 1 N–H and O–H groups in total. The van der Waals surface area contributed by atoms with E-state index in [0.29, 0.717) is 22.0 Å². The van der Waals surface area contributed by atoms with E-state index in [1.165, 1.54) is 6.26 Å². The van der Waals surface area contributed by atoms with Crippen molar-refractivity contribution in [2.45, 2.75) is 0 Å². The molecule has 0 fully saturated rings. The van der Waals surface area contributed by atoms with Gasteiger partial charge in [0.1, 0.15) is 0 Å². The van der Waals surface area contributed by atoms with Crippen molar-refractivity contribution >= 4 is 27.5 Å². The predicted molar refractivity (Wildman–Crippen MR) is 86.9 cm³/mol. The summed E-state index contributed by atoms with van der Waals surface area (Å²) in [6.45, 7) is 0. The van der Waals surface area contributed by atoms with Gasteiger partial charge >= 0.3 is 0 Å². The highest BCUT2D eigenvalue weighted by Gasteiger charge is 2.21. The first-order chi connectivity index (χ1) is 11.0. The lowest BCUT2D eigenvalue weighted by molar-refractivity contribution is 0.101. The van der Waals surface area contributed by atoms with Gasteiger partial charge in [-0.1, -0.05) is 30.3 Å². The lowest BCUT2D eigenvalue weighted by Gasteiger charge is -2.04. The van der Waals surface area contributed by atoms with E-state index in [1.54, 1.807) is 24.3 Å². The maximum Gasteiger partial charge on any atom is 0.192 e. The van der Waals surface area contributed by atoms with E-state index < -0.39 is 22.4 Å². The summed E-state index contributed by atoms with van der Waals surface area (Å²) in [4.78, 5) is 15.2. The number of aromatic nitrogens is 1. The van der Waals surface area contributed by atoms with Crippen LogP contribution in [-0.2, 0) is 10.8 Å². The number of fused-ring (bicyclic) bond motifs is 1. The molecule has 6 heteroatoms. The molecule has 1 aromatic heterocycles. The highest BCUT2D eigenvalue weighted by Crippen LogP contribution is 2.34. The molecule has 0 spiro atoms. The van der Waals surface area contributed by atoms with Gasteiger partial charge < -0.3 is 4.98 Å². The van der Waals surface area contributed by atoms with E-state index in [0.717, 1.165) is 12.1 Å². The number of rotatable bonds is 4. The monoisotopic (exact) mass is 333 g/mol. The molecule has 0 bridgehead atoms. The summed E-state index contributed by atoms with van der Waals surface area (Å²) in [5.74, 6) is -2.48. The number of halogens is 2. The molecule has 0 aliphatic carbocycles. The molecule has 3 aromatic rings. The maximum absolute atomic E-state index is 13.6. The topological polar surface area (TPSA) is 49.9 Å². The molecule has 0 aliphatic heterocycles. The van der Waals surface area contributed by atoms with Gasteiger partial charge in [-0.15, -0.1) is 0 Å². The molecular weight excluding hydrogens is 320 g/mol. The van der Waals surface area contributed by atoms with Crippen molar-refractivity contribution in [3.63, 3.8) is 0 Å². The van der Waals surface area contributed by atoms with Crippen LogP contribution in [0.25, 0.3) is 22.0 Å². The van der Waals surface area contributed by atoms with Crippen molar-refractivity contribution < 1.29 is 17.8 Å². The van der Waals surface area contributed by atoms with Crippen LogP contribution in [-0.4, -0.2) is 27.0 Å². The summed E-state index contributed by atoms with van der Waals surface area (Å²) in [6.07, 6.45) is 1.43. The Morgan fingerprint density at radius 2 is 1.78 bits per heavy atom. The van der Waals surface area contributed by atoms with Crippen molar-refractivity contribution in [3.05, 3.63) is 59.8 Å². The average Bonchev–Trinajstić information content (AvgIpc) is 2.86. The maximum atomic E-state index is 13.6. The number of aromatic amines is 1. The van der Waals surface area contributed by atoms with Crippen LogP contribution in [0.15, 0.2) is 42.5 Å². The summed E-state index contributed by atoms with van der Waals surface area (Å²) < 4.78 is 38.5. The molecule has 0 amide bonds. The van der Waals surface area contributed by atoms with E-state index in [2.05, 4.69) is 4.98 Å². The van der Waals surface area contributed by atoms with E-state index >= 15 is 0 Å². The number of ketones is 1. The number of hydrogen-bond donors (Lipinski definition) is 1. The van der Waals surface area contributed by atoms with Gasteiger partial charge in [0.2, 0.25) is 0 Å².